The molecule has 0 fully saturated rings. The predicted octanol–water partition coefficient (Wildman–Crippen LogP) is 14.3. The lowest BCUT2D eigenvalue weighted by atomic mass is 10.0. The molecule has 0 atom stereocenters. The third-order valence-electron chi connectivity index (χ3n) is 11.8. The van der Waals surface area contributed by atoms with Crippen molar-refractivity contribution in [1.82, 2.24) is 13.7 Å². The first-order valence-electron chi connectivity index (χ1n) is 19.6. The molecule has 12 rings (SSSR count). The molecule has 3 nitrogen and oxygen atoms in total. The lowest BCUT2D eigenvalue weighted by Gasteiger charge is -2.11. The molecule has 0 aliphatic carbocycles. The minimum Gasteiger partial charge on any atom is -0.309 e. The van der Waals surface area contributed by atoms with Crippen molar-refractivity contribution in [3.8, 4) is 39.3 Å². The SMILES string of the molecule is c1ccc(-c2ccc(-n3c4ccccc4c4cc(-c5ccc(-n6c7ccccc7c7cc8c9ccccc9n(-c9ccccc9)c8cc76)cc5)ccc43)cc2)cc1. The highest BCUT2D eigenvalue weighted by molar-refractivity contribution is 6.19. The molecule has 3 heteroatoms. The van der Waals surface area contributed by atoms with Crippen molar-refractivity contribution in [2.75, 3.05) is 0 Å². The number of hydrogen-bond donors (Lipinski definition) is 0. The molecule has 12 aromatic rings. The Morgan fingerprint density at radius 1 is 0.193 bits per heavy atom. The van der Waals surface area contributed by atoms with Crippen LogP contribution < -0.4 is 0 Å². The Labute approximate surface area is 329 Å². The van der Waals surface area contributed by atoms with Gasteiger partial charge in [0, 0.05) is 49.4 Å². The Balaban J connectivity index is 0.983. The van der Waals surface area contributed by atoms with Crippen LogP contribution in [0.1, 0.15) is 0 Å². The standard InChI is InChI=1S/C54H35N3/c1-3-13-36(14-4-1)37-23-28-41(29-24-37)55-49-20-10-7-17-43(49)46-33-39(27-32-52(46)55)38-25-30-42(31-26-38)57-51-22-12-9-19-45(51)48-34-47-44-18-8-11-21-50(44)56(53(47)35-54(48)57)40-15-5-2-6-16-40/h1-35H. The summed E-state index contributed by atoms with van der Waals surface area (Å²) in [6.45, 7) is 0. The number of para-hydroxylation sites is 4. The number of fused-ring (bicyclic) bond motifs is 9. The summed E-state index contributed by atoms with van der Waals surface area (Å²) in [6, 6.07) is 77.4. The van der Waals surface area contributed by atoms with Crippen molar-refractivity contribution < 1.29 is 0 Å². The molecule has 266 valence electrons. The maximum Gasteiger partial charge on any atom is 0.0562 e. The average Bonchev–Trinajstić information content (AvgIpc) is 3.91. The van der Waals surface area contributed by atoms with Gasteiger partial charge in [0.05, 0.1) is 33.1 Å². The molecule has 0 amide bonds. The maximum atomic E-state index is 2.43. The first kappa shape index (κ1) is 31.7. The number of benzene rings is 9. The fourth-order valence-electron chi connectivity index (χ4n) is 9.23. The normalized spacial score (nSPS) is 11.9. The molecule has 0 aliphatic rings. The van der Waals surface area contributed by atoms with Gasteiger partial charge in [-0.05, 0) is 101 Å². The van der Waals surface area contributed by atoms with Crippen molar-refractivity contribution in [2.24, 2.45) is 0 Å². The van der Waals surface area contributed by atoms with Gasteiger partial charge in [0.1, 0.15) is 0 Å². The fraction of sp³-hybridized carbons (Fsp3) is 0. The number of hydrogen-bond acceptors (Lipinski definition) is 0. The van der Waals surface area contributed by atoms with Crippen LogP contribution in [0.4, 0.5) is 0 Å². The summed E-state index contributed by atoms with van der Waals surface area (Å²) in [4.78, 5) is 0. The Morgan fingerprint density at radius 2 is 0.544 bits per heavy atom. The van der Waals surface area contributed by atoms with Crippen molar-refractivity contribution in [3.63, 3.8) is 0 Å². The van der Waals surface area contributed by atoms with Crippen molar-refractivity contribution in [1.29, 1.82) is 0 Å². The summed E-state index contributed by atoms with van der Waals surface area (Å²) in [7, 11) is 0. The zero-order chi connectivity index (χ0) is 37.5. The third kappa shape index (κ3) is 4.86. The molecule has 3 heterocycles. The zero-order valence-electron chi connectivity index (χ0n) is 31.0. The Hall–Kier alpha value is -7.62. The van der Waals surface area contributed by atoms with E-state index in [0.717, 1.165) is 17.1 Å². The predicted molar refractivity (Wildman–Crippen MR) is 240 cm³/mol. The monoisotopic (exact) mass is 725 g/mol. The molecule has 0 aliphatic heterocycles. The molecular weight excluding hydrogens is 691 g/mol. The number of aromatic nitrogens is 3. The third-order valence-corrected chi connectivity index (χ3v) is 11.8. The Bertz CT molecular complexity index is 3470. The van der Waals surface area contributed by atoms with Crippen molar-refractivity contribution >= 4 is 65.4 Å². The highest BCUT2D eigenvalue weighted by Gasteiger charge is 2.19. The molecule has 0 N–H and O–H groups in total. The van der Waals surface area contributed by atoms with E-state index in [2.05, 4.69) is 226 Å². The average molecular weight is 726 g/mol. The molecule has 57 heavy (non-hydrogen) atoms. The molecule has 0 unspecified atom stereocenters. The van der Waals surface area contributed by atoms with Gasteiger partial charge in [0.25, 0.3) is 0 Å². The second-order valence-corrected chi connectivity index (χ2v) is 15.0. The summed E-state index contributed by atoms with van der Waals surface area (Å²) < 4.78 is 7.23. The molecule has 0 saturated heterocycles. The first-order chi connectivity index (χ1) is 28.3. The van der Waals surface area contributed by atoms with Crippen LogP contribution in [0, 0.1) is 0 Å². The van der Waals surface area contributed by atoms with E-state index in [-0.39, 0.29) is 0 Å². The Morgan fingerprint density at radius 3 is 1.07 bits per heavy atom. The van der Waals surface area contributed by atoms with Gasteiger partial charge in [-0.1, -0.05) is 133 Å². The van der Waals surface area contributed by atoms with E-state index in [4.69, 9.17) is 0 Å². The number of rotatable bonds is 5. The quantitative estimate of drug-likeness (QED) is 0.168. The van der Waals surface area contributed by atoms with Gasteiger partial charge in [-0.25, -0.2) is 0 Å². The highest BCUT2D eigenvalue weighted by Crippen LogP contribution is 2.40. The fourth-order valence-corrected chi connectivity index (χ4v) is 9.23. The van der Waals surface area contributed by atoms with Crippen LogP contribution in [0.15, 0.2) is 212 Å². The van der Waals surface area contributed by atoms with E-state index in [1.807, 2.05) is 0 Å². The van der Waals surface area contributed by atoms with Gasteiger partial charge in [0.2, 0.25) is 0 Å². The van der Waals surface area contributed by atoms with E-state index in [0.29, 0.717) is 0 Å². The highest BCUT2D eigenvalue weighted by atomic mass is 15.0. The van der Waals surface area contributed by atoms with Crippen LogP contribution in [-0.4, -0.2) is 13.7 Å². The molecule has 9 aromatic carbocycles. The summed E-state index contributed by atoms with van der Waals surface area (Å²) >= 11 is 0. The largest absolute Gasteiger partial charge is 0.309 e. The van der Waals surface area contributed by atoms with Gasteiger partial charge in [-0.3, -0.25) is 0 Å². The topological polar surface area (TPSA) is 14.8 Å². The minimum absolute atomic E-state index is 1.14. The molecule has 0 bridgehead atoms. The van der Waals surface area contributed by atoms with Gasteiger partial charge >= 0.3 is 0 Å². The lowest BCUT2D eigenvalue weighted by molar-refractivity contribution is 1.16. The van der Waals surface area contributed by atoms with Crippen molar-refractivity contribution in [2.45, 2.75) is 0 Å². The second-order valence-electron chi connectivity index (χ2n) is 15.0. The second kappa shape index (κ2) is 12.5. The van der Waals surface area contributed by atoms with Crippen molar-refractivity contribution in [3.05, 3.63) is 212 Å². The lowest BCUT2D eigenvalue weighted by Crippen LogP contribution is -1.96. The van der Waals surface area contributed by atoms with E-state index in [9.17, 15) is 0 Å². The molecule has 0 spiro atoms. The van der Waals surface area contributed by atoms with Gasteiger partial charge in [-0.2, -0.15) is 0 Å². The van der Waals surface area contributed by atoms with E-state index in [1.54, 1.807) is 0 Å². The van der Waals surface area contributed by atoms with Crippen LogP contribution in [0.2, 0.25) is 0 Å². The molecular formula is C54H35N3. The summed E-state index contributed by atoms with van der Waals surface area (Å²) in [5, 5.41) is 7.55. The van der Waals surface area contributed by atoms with E-state index < -0.39 is 0 Å². The van der Waals surface area contributed by atoms with Gasteiger partial charge in [-0.15, -0.1) is 0 Å². The summed E-state index contributed by atoms with van der Waals surface area (Å²) in [5.74, 6) is 0. The molecule has 3 aromatic heterocycles. The molecule has 0 radical (unpaired) electrons. The van der Waals surface area contributed by atoms with Crippen LogP contribution in [0.5, 0.6) is 0 Å². The van der Waals surface area contributed by atoms with Crippen LogP contribution in [-0.2, 0) is 0 Å². The number of nitrogens with zero attached hydrogens (tertiary/aromatic N) is 3. The minimum atomic E-state index is 1.14. The summed E-state index contributed by atoms with van der Waals surface area (Å²) in [5.41, 5.74) is 15.5. The van der Waals surface area contributed by atoms with E-state index in [1.165, 1.54) is 87.7 Å². The van der Waals surface area contributed by atoms with E-state index >= 15 is 0 Å². The smallest absolute Gasteiger partial charge is 0.0562 e. The first-order valence-corrected chi connectivity index (χ1v) is 19.6. The van der Waals surface area contributed by atoms with Crippen LogP contribution in [0.3, 0.4) is 0 Å². The van der Waals surface area contributed by atoms with Crippen LogP contribution >= 0.6 is 0 Å². The zero-order valence-corrected chi connectivity index (χ0v) is 31.0. The van der Waals surface area contributed by atoms with Gasteiger partial charge < -0.3 is 13.7 Å². The summed E-state index contributed by atoms with van der Waals surface area (Å²) in [6.07, 6.45) is 0. The molecule has 0 saturated carbocycles. The van der Waals surface area contributed by atoms with Gasteiger partial charge in [0.15, 0.2) is 0 Å². The maximum absolute atomic E-state index is 2.43. The Kier molecular flexibility index (Phi) is 6.93. The van der Waals surface area contributed by atoms with Crippen LogP contribution in [0.25, 0.3) is 105 Å².